The van der Waals surface area contributed by atoms with Gasteiger partial charge in [-0.2, -0.15) is 4.98 Å². The number of likely N-dealkylation sites (N-methyl/N-ethyl adjacent to an activating group) is 2. The number of carbonyl (C=O) groups is 3. The Kier molecular flexibility index (Phi) is 9.13. The minimum atomic E-state index is -1.58. The van der Waals surface area contributed by atoms with Crippen molar-refractivity contribution in [2.24, 2.45) is 0 Å². The number of nitrogen functional groups attached to an aromatic ring is 1. The summed E-state index contributed by atoms with van der Waals surface area (Å²) < 4.78 is 0. The number of nitrogens with zero attached hydrogens (tertiary/aromatic N) is 3. The molecule has 176 valence electrons. The first-order chi connectivity index (χ1) is 15.6. The molecule has 0 fully saturated rings. The van der Waals surface area contributed by atoms with Gasteiger partial charge in [-0.05, 0) is 37.1 Å². The number of rotatable bonds is 8. The van der Waals surface area contributed by atoms with Crippen molar-refractivity contribution in [1.29, 1.82) is 0 Å². The summed E-state index contributed by atoms with van der Waals surface area (Å²) in [7, 11) is 3.57. The van der Waals surface area contributed by atoms with Gasteiger partial charge in [-0.25, -0.2) is 0 Å². The van der Waals surface area contributed by atoms with Crippen LogP contribution in [0.1, 0.15) is 23.2 Å². The van der Waals surface area contributed by atoms with Crippen LogP contribution in [0, 0.1) is 0 Å². The Morgan fingerprint density at radius 1 is 1.29 bits per heavy atom. The number of aromatic amines is 1. The third kappa shape index (κ3) is 6.10. The average molecular weight is 498 g/mol. The van der Waals surface area contributed by atoms with Gasteiger partial charge < -0.3 is 46.0 Å². The smallest absolute Gasteiger partial charge is 0.550 e. The Morgan fingerprint density at radius 3 is 2.53 bits per heavy atom. The molecule has 0 radical (unpaired) electrons. The topological polar surface area (TPSA) is 200 Å². The monoisotopic (exact) mass is 497 g/mol. The van der Waals surface area contributed by atoms with Crippen LogP contribution in [-0.4, -0.2) is 98.4 Å². The summed E-state index contributed by atoms with van der Waals surface area (Å²) in [6.45, 7) is 0.434. The summed E-state index contributed by atoms with van der Waals surface area (Å²) >= 11 is 0. The normalized spacial score (nSPS) is 15.2. The van der Waals surface area contributed by atoms with Crippen molar-refractivity contribution in [1.82, 2.24) is 15.3 Å². The van der Waals surface area contributed by atoms with E-state index >= 15 is 0 Å². The molecule has 2 aromatic rings. The number of H-pyrrole nitrogens is 1. The van der Waals surface area contributed by atoms with Crippen molar-refractivity contribution in [3.8, 4) is 0 Å². The molecule has 2 heterocycles. The first kappa shape index (κ1) is 27.2. The van der Waals surface area contributed by atoms with Crippen molar-refractivity contribution < 1.29 is 24.6 Å². The SMILES string of the molecule is CN(c1ccc(C(=O)N[C@@H](CCC(=O)[O-])C(=O)[O-])cc1)C1CNc2nc(N)[nH]c(=O)c2N1C.[Ca+2]. The van der Waals surface area contributed by atoms with Crippen molar-refractivity contribution in [3.63, 3.8) is 0 Å². The van der Waals surface area contributed by atoms with Crippen LogP contribution in [0.5, 0.6) is 0 Å². The zero-order chi connectivity index (χ0) is 24.3. The molecule has 1 aromatic carbocycles. The van der Waals surface area contributed by atoms with Crippen LogP contribution in [0.4, 0.5) is 23.1 Å². The number of amides is 1. The van der Waals surface area contributed by atoms with Crippen LogP contribution in [0.2, 0.25) is 0 Å². The Labute approximate surface area is 224 Å². The molecule has 1 aromatic heterocycles. The second-order valence-corrected chi connectivity index (χ2v) is 7.53. The molecule has 13 nitrogen and oxygen atoms in total. The largest absolute Gasteiger partial charge is 2.00 e. The Hall–Kier alpha value is -3.03. The van der Waals surface area contributed by atoms with E-state index in [9.17, 15) is 29.4 Å². The molecule has 0 saturated carbocycles. The summed E-state index contributed by atoms with van der Waals surface area (Å²) in [6, 6.07) is 4.88. The van der Waals surface area contributed by atoms with E-state index in [2.05, 4.69) is 20.6 Å². The number of carboxylic acids is 2. The van der Waals surface area contributed by atoms with Crippen LogP contribution in [0.25, 0.3) is 0 Å². The quantitative estimate of drug-likeness (QED) is 0.266. The predicted octanol–water partition coefficient (Wildman–Crippen LogP) is -3.33. The standard InChI is InChI=1S/C20H25N7O6.Ca/c1-26(13-9-22-16-15(27(13)2)18(31)25-20(21)24-16)11-5-3-10(4-6-11)17(30)23-12(19(32)33)7-8-14(28)29;/h3-6,12-13H,7-9H2,1-2H3,(H,23,30)(H,28,29)(H,32,33)(H4,21,22,24,25,31);/q;+2/p-2/t12-,13?;/m0./s1. The van der Waals surface area contributed by atoms with E-state index in [1.54, 1.807) is 24.1 Å². The van der Waals surface area contributed by atoms with E-state index in [0.29, 0.717) is 18.1 Å². The Bertz CT molecular complexity index is 1120. The number of nitrogens with two attached hydrogens (primary N) is 1. The molecule has 2 atom stereocenters. The van der Waals surface area contributed by atoms with E-state index in [1.165, 1.54) is 12.1 Å². The van der Waals surface area contributed by atoms with Crippen LogP contribution in [0.15, 0.2) is 29.1 Å². The third-order valence-electron chi connectivity index (χ3n) is 5.38. The fraction of sp³-hybridized carbons (Fsp3) is 0.350. The number of carboxylic acid groups (broad SMARTS) is 2. The number of nitrogens with one attached hydrogen (secondary N) is 3. The zero-order valence-corrected chi connectivity index (χ0v) is 20.9. The number of carbonyl (C=O) groups excluding carboxylic acids is 3. The third-order valence-corrected chi connectivity index (χ3v) is 5.38. The van der Waals surface area contributed by atoms with E-state index in [0.717, 1.165) is 5.69 Å². The predicted molar refractivity (Wildman–Crippen MR) is 121 cm³/mol. The molecule has 0 saturated heterocycles. The molecule has 5 N–H and O–H groups in total. The number of aliphatic carboxylic acids is 2. The van der Waals surface area contributed by atoms with Gasteiger partial charge in [-0.1, -0.05) is 0 Å². The van der Waals surface area contributed by atoms with E-state index < -0.39 is 30.3 Å². The maximum absolute atomic E-state index is 12.4. The maximum atomic E-state index is 12.4. The van der Waals surface area contributed by atoms with Crippen molar-refractivity contribution >= 4 is 78.7 Å². The number of hydrogen-bond donors (Lipinski definition) is 4. The van der Waals surface area contributed by atoms with Gasteiger partial charge in [-0.15, -0.1) is 0 Å². The van der Waals surface area contributed by atoms with Crippen molar-refractivity contribution in [3.05, 3.63) is 40.2 Å². The molecule has 0 spiro atoms. The summed E-state index contributed by atoms with van der Waals surface area (Å²) in [5.74, 6) is -3.29. The summed E-state index contributed by atoms with van der Waals surface area (Å²) in [5, 5.41) is 27.1. The van der Waals surface area contributed by atoms with Gasteiger partial charge in [0.15, 0.2) is 5.82 Å². The second-order valence-electron chi connectivity index (χ2n) is 7.53. The van der Waals surface area contributed by atoms with Crippen LogP contribution in [0.3, 0.4) is 0 Å². The van der Waals surface area contributed by atoms with Gasteiger partial charge in [0.25, 0.3) is 11.5 Å². The van der Waals surface area contributed by atoms with Crippen molar-refractivity contribution in [2.75, 3.05) is 41.5 Å². The van der Waals surface area contributed by atoms with E-state index in [1.807, 2.05) is 11.9 Å². The van der Waals surface area contributed by atoms with Crippen LogP contribution < -0.4 is 41.9 Å². The number of anilines is 4. The van der Waals surface area contributed by atoms with Crippen LogP contribution >= 0.6 is 0 Å². The summed E-state index contributed by atoms with van der Waals surface area (Å²) in [6.07, 6.45) is -1.14. The molecular weight excluding hydrogens is 474 g/mol. The molecule has 1 unspecified atom stereocenters. The van der Waals surface area contributed by atoms with Gasteiger partial charge in [0.05, 0.1) is 18.6 Å². The molecule has 0 bridgehead atoms. The molecule has 14 heteroatoms. The van der Waals surface area contributed by atoms with E-state index in [4.69, 9.17) is 5.73 Å². The number of hydrogen-bond acceptors (Lipinski definition) is 11. The fourth-order valence-corrected chi connectivity index (χ4v) is 3.58. The van der Waals surface area contributed by atoms with Crippen LogP contribution in [-0.2, 0) is 9.59 Å². The first-order valence-electron chi connectivity index (χ1n) is 9.99. The van der Waals surface area contributed by atoms with Gasteiger partial charge in [-0.3, -0.25) is 14.6 Å². The second kappa shape index (κ2) is 11.4. The molecule has 3 rings (SSSR count). The number of benzene rings is 1. The number of fused-ring (bicyclic) bond motifs is 1. The first-order valence-corrected chi connectivity index (χ1v) is 9.99. The van der Waals surface area contributed by atoms with Gasteiger partial charge in [0.1, 0.15) is 11.9 Å². The zero-order valence-electron chi connectivity index (χ0n) is 18.7. The summed E-state index contributed by atoms with van der Waals surface area (Å²) in [5.41, 5.74) is 6.47. The molecule has 0 aliphatic carbocycles. The van der Waals surface area contributed by atoms with Gasteiger partial charge >= 0.3 is 37.7 Å². The van der Waals surface area contributed by atoms with E-state index in [-0.39, 0.29) is 67.4 Å². The minimum Gasteiger partial charge on any atom is -0.550 e. The molecular formula is C20H23CaN7O6. The van der Waals surface area contributed by atoms with Crippen molar-refractivity contribution in [2.45, 2.75) is 25.0 Å². The number of aromatic nitrogens is 2. The molecule has 1 aliphatic heterocycles. The Balaban J connectivity index is 0.00000408. The molecule has 34 heavy (non-hydrogen) atoms. The maximum Gasteiger partial charge on any atom is 2.00 e. The van der Waals surface area contributed by atoms with Gasteiger partial charge in [0, 0.05) is 31.3 Å². The summed E-state index contributed by atoms with van der Waals surface area (Å²) in [4.78, 5) is 56.7. The fourth-order valence-electron chi connectivity index (χ4n) is 3.58. The average Bonchev–Trinajstić information content (AvgIpc) is 2.75. The van der Waals surface area contributed by atoms with Gasteiger partial charge in [0.2, 0.25) is 5.95 Å². The Morgan fingerprint density at radius 2 is 1.94 bits per heavy atom. The molecule has 1 amide bonds. The molecule has 1 aliphatic rings. The minimum absolute atomic E-state index is 0.